The number of thiazole rings is 1. The van der Waals surface area contributed by atoms with Crippen LogP contribution in [0.3, 0.4) is 0 Å². The SMILES string of the molecule is Cc1nc(C)c(CN[C@H](C)c2cc(F)cc(F)c2)s1. The fourth-order valence-electron chi connectivity index (χ4n) is 1.93. The van der Waals surface area contributed by atoms with E-state index in [1.54, 1.807) is 11.3 Å². The van der Waals surface area contributed by atoms with Crippen LogP contribution in [-0.4, -0.2) is 4.98 Å². The second kappa shape index (κ2) is 5.75. The Balaban J connectivity index is 2.05. The van der Waals surface area contributed by atoms with Crippen LogP contribution in [0.25, 0.3) is 0 Å². The van der Waals surface area contributed by atoms with Gasteiger partial charge in [0.05, 0.1) is 10.7 Å². The zero-order chi connectivity index (χ0) is 14.0. The van der Waals surface area contributed by atoms with Gasteiger partial charge in [0.25, 0.3) is 0 Å². The number of aryl methyl sites for hydroxylation is 2. The molecule has 0 fully saturated rings. The Morgan fingerprint density at radius 3 is 2.37 bits per heavy atom. The highest BCUT2D eigenvalue weighted by Crippen LogP contribution is 2.20. The van der Waals surface area contributed by atoms with Crippen molar-refractivity contribution in [2.45, 2.75) is 33.4 Å². The summed E-state index contributed by atoms with van der Waals surface area (Å²) in [7, 11) is 0. The van der Waals surface area contributed by atoms with Gasteiger partial charge in [0.1, 0.15) is 11.6 Å². The second-order valence-corrected chi connectivity index (χ2v) is 5.83. The van der Waals surface area contributed by atoms with Gasteiger partial charge in [0, 0.05) is 23.5 Å². The molecule has 1 atom stereocenters. The summed E-state index contributed by atoms with van der Waals surface area (Å²) in [5, 5.41) is 4.29. The first-order chi connectivity index (χ1) is 8.95. The number of nitrogens with one attached hydrogen (secondary N) is 1. The number of hydrogen-bond acceptors (Lipinski definition) is 3. The molecule has 2 rings (SSSR count). The average Bonchev–Trinajstić information content (AvgIpc) is 2.63. The highest BCUT2D eigenvalue weighted by molar-refractivity contribution is 7.11. The van der Waals surface area contributed by atoms with Gasteiger partial charge < -0.3 is 5.32 Å². The third-order valence-corrected chi connectivity index (χ3v) is 4.03. The first-order valence-corrected chi connectivity index (χ1v) is 6.89. The highest BCUT2D eigenvalue weighted by Gasteiger charge is 2.10. The first kappa shape index (κ1) is 14.1. The van der Waals surface area contributed by atoms with E-state index in [1.165, 1.54) is 12.1 Å². The predicted octanol–water partition coefficient (Wildman–Crippen LogP) is 3.89. The molecule has 0 aliphatic heterocycles. The maximum absolute atomic E-state index is 13.1. The summed E-state index contributed by atoms with van der Waals surface area (Å²) in [6.45, 7) is 6.47. The monoisotopic (exact) mass is 282 g/mol. The normalized spacial score (nSPS) is 12.7. The van der Waals surface area contributed by atoms with Crippen LogP contribution in [0.15, 0.2) is 18.2 Å². The van der Waals surface area contributed by atoms with Crippen molar-refractivity contribution >= 4 is 11.3 Å². The maximum atomic E-state index is 13.1. The second-order valence-electron chi connectivity index (χ2n) is 4.55. The number of rotatable bonds is 4. The van der Waals surface area contributed by atoms with Gasteiger partial charge in [0.15, 0.2) is 0 Å². The summed E-state index contributed by atoms with van der Waals surface area (Å²) in [4.78, 5) is 5.50. The fourth-order valence-corrected chi connectivity index (χ4v) is 2.81. The van der Waals surface area contributed by atoms with E-state index in [0.717, 1.165) is 21.6 Å². The molecule has 0 saturated heterocycles. The lowest BCUT2D eigenvalue weighted by Crippen LogP contribution is -2.18. The van der Waals surface area contributed by atoms with Gasteiger partial charge >= 0.3 is 0 Å². The molecule has 0 amide bonds. The first-order valence-electron chi connectivity index (χ1n) is 6.08. The third-order valence-electron chi connectivity index (χ3n) is 2.95. The van der Waals surface area contributed by atoms with Crippen LogP contribution < -0.4 is 5.32 Å². The molecule has 0 saturated carbocycles. The van der Waals surface area contributed by atoms with Gasteiger partial charge in [-0.2, -0.15) is 0 Å². The van der Waals surface area contributed by atoms with Crippen LogP contribution in [0, 0.1) is 25.5 Å². The molecular formula is C14H16F2N2S. The minimum atomic E-state index is -0.548. The minimum Gasteiger partial charge on any atom is -0.305 e. The predicted molar refractivity (Wildman–Crippen MR) is 73.2 cm³/mol. The summed E-state index contributed by atoms with van der Waals surface area (Å²) in [6, 6.07) is 3.47. The van der Waals surface area contributed by atoms with Gasteiger partial charge in [-0.1, -0.05) is 0 Å². The van der Waals surface area contributed by atoms with Crippen molar-refractivity contribution in [3.63, 3.8) is 0 Å². The largest absolute Gasteiger partial charge is 0.305 e. The standard InChI is InChI=1S/C14H16F2N2S/c1-8(11-4-12(15)6-13(16)5-11)17-7-14-9(2)18-10(3)19-14/h4-6,8,17H,7H2,1-3H3/t8-/m1/s1. The van der Waals surface area contributed by atoms with Gasteiger partial charge in [0.2, 0.25) is 0 Å². The summed E-state index contributed by atoms with van der Waals surface area (Å²) in [6.07, 6.45) is 0. The van der Waals surface area contributed by atoms with E-state index in [-0.39, 0.29) is 6.04 Å². The number of aromatic nitrogens is 1. The quantitative estimate of drug-likeness (QED) is 0.920. The topological polar surface area (TPSA) is 24.9 Å². The lowest BCUT2D eigenvalue weighted by atomic mass is 10.1. The molecule has 2 nitrogen and oxygen atoms in total. The molecule has 1 heterocycles. The molecule has 1 aromatic carbocycles. The Kier molecular flexibility index (Phi) is 4.27. The van der Waals surface area contributed by atoms with Crippen LogP contribution >= 0.6 is 11.3 Å². The van der Waals surface area contributed by atoms with Gasteiger partial charge in [-0.3, -0.25) is 0 Å². The third kappa shape index (κ3) is 3.58. The number of halogens is 2. The number of benzene rings is 1. The Hall–Kier alpha value is -1.33. The Bertz CT molecular complexity index is 561. The van der Waals surface area contributed by atoms with E-state index >= 15 is 0 Å². The van der Waals surface area contributed by atoms with Crippen molar-refractivity contribution in [1.82, 2.24) is 10.3 Å². The molecule has 102 valence electrons. The van der Waals surface area contributed by atoms with E-state index in [0.29, 0.717) is 12.1 Å². The van der Waals surface area contributed by atoms with Crippen LogP contribution in [-0.2, 0) is 6.54 Å². The van der Waals surface area contributed by atoms with E-state index in [2.05, 4.69) is 10.3 Å². The van der Waals surface area contributed by atoms with Crippen LogP contribution in [0.4, 0.5) is 8.78 Å². The smallest absolute Gasteiger partial charge is 0.126 e. The fraction of sp³-hybridized carbons (Fsp3) is 0.357. The summed E-state index contributed by atoms with van der Waals surface area (Å²) in [5.41, 5.74) is 1.61. The zero-order valence-corrected chi connectivity index (χ0v) is 11.9. The van der Waals surface area contributed by atoms with Crippen molar-refractivity contribution in [3.05, 3.63) is 51.0 Å². The molecule has 0 bridgehead atoms. The maximum Gasteiger partial charge on any atom is 0.126 e. The van der Waals surface area contributed by atoms with Crippen LogP contribution in [0.1, 0.15) is 34.1 Å². The molecule has 2 aromatic rings. The lowest BCUT2D eigenvalue weighted by Gasteiger charge is -2.14. The molecule has 5 heteroatoms. The minimum absolute atomic E-state index is 0.119. The van der Waals surface area contributed by atoms with Crippen LogP contribution in [0.2, 0.25) is 0 Å². The Morgan fingerprint density at radius 2 is 1.84 bits per heavy atom. The highest BCUT2D eigenvalue weighted by atomic mass is 32.1. The molecule has 0 aliphatic carbocycles. The molecule has 0 radical (unpaired) electrons. The Morgan fingerprint density at radius 1 is 1.21 bits per heavy atom. The van der Waals surface area contributed by atoms with E-state index < -0.39 is 11.6 Å². The molecule has 0 unspecified atom stereocenters. The molecule has 0 spiro atoms. The zero-order valence-electron chi connectivity index (χ0n) is 11.1. The molecule has 0 aliphatic rings. The van der Waals surface area contributed by atoms with E-state index in [9.17, 15) is 8.78 Å². The van der Waals surface area contributed by atoms with Gasteiger partial charge in [-0.15, -0.1) is 11.3 Å². The van der Waals surface area contributed by atoms with Gasteiger partial charge in [-0.05, 0) is 38.5 Å². The van der Waals surface area contributed by atoms with Crippen LogP contribution in [0.5, 0.6) is 0 Å². The molecule has 19 heavy (non-hydrogen) atoms. The van der Waals surface area contributed by atoms with Crippen molar-refractivity contribution in [2.24, 2.45) is 0 Å². The van der Waals surface area contributed by atoms with Crippen molar-refractivity contribution in [1.29, 1.82) is 0 Å². The molecule has 1 N–H and O–H groups in total. The summed E-state index contributed by atoms with van der Waals surface area (Å²) in [5.74, 6) is -1.10. The van der Waals surface area contributed by atoms with Crippen molar-refractivity contribution < 1.29 is 8.78 Å². The van der Waals surface area contributed by atoms with E-state index in [1.807, 2.05) is 20.8 Å². The van der Waals surface area contributed by atoms with Crippen molar-refractivity contribution in [2.75, 3.05) is 0 Å². The van der Waals surface area contributed by atoms with E-state index in [4.69, 9.17) is 0 Å². The van der Waals surface area contributed by atoms with Crippen molar-refractivity contribution in [3.8, 4) is 0 Å². The summed E-state index contributed by atoms with van der Waals surface area (Å²) >= 11 is 1.64. The molecular weight excluding hydrogens is 266 g/mol. The average molecular weight is 282 g/mol. The lowest BCUT2D eigenvalue weighted by molar-refractivity contribution is 0.546. The molecule has 1 aromatic heterocycles. The summed E-state index contributed by atoms with van der Waals surface area (Å²) < 4.78 is 26.3. The number of nitrogens with zero attached hydrogens (tertiary/aromatic N) is 1. The Labute approximate surface area is 115 Å². The van der Waals surface area contributed by atoms with Gasteiger partial charge in [-0.25, -0.2) is 13.8 Å². The number of hydrogen-bond donors (Lipinski definition) is 1.